The molecule has 4 rings (SSSR count). The number of nitrogens with zero attached hydrogens (tertiary/aromatic N) is 1. The van der Waals surface area contributed by atoms with Crippen molar-refractivity contribution in [2.75, 3.05) is 17.9 Å². The molecule has 0 bridgehead atoms. The Morgan fingerprint density at radius 1 is 1.19 bits per heavy atom. The Hall–Kier alpha value is -2.51. The molecule has 1 aliphatic heterocycles. The summed E-state index contributed by atoms with van der Waals surface area (Å²) in [6, 6.07) is 15.8. The highest BCUT2D eigenvalue weighted by atomic mass is 32.2. The molecule has 2 heterocycles. The Kier molecular flexibility index (Phi) is 5.31. The van der Waals surface area contributed by atoms with Crippen LogP contribution in [0.1, 0.15) is 16.1 Å². The number of amides is 1. The summed E-state index contributed by atoms with van der Waals surface area (Å²) >= 11 is 3.03. The first-order valence-corrected chi connectivity index (χ1v) is 10.3. The Balaban J connectivity index is 1.37. The summed E-state index contributed by atoms with van der Waals surface area (Å²) in [5, 5.41) is 3.54. The quantitative estimate of drug-likeness (QED) is 0.620. The average molecular weight is 399 g/mol. The van der Waals surface area contributed by atoms with Crippen molar-refractivity contribution in [1.29, 1.82) is 0 Å². The number of aryl methyl sites for hydroxylation is 1. The maximum absolute atomic E-state index is 12.2. The van der Waals surface area contributed by atoms with Crippen molar-refractivity contribution in [3.8, 4) is 11.5 Å². The Labute approximate surface area is 165 Å². The summed E-state index contributed by atoms with van der Waals surface area (Å²) in [4.78, 5) is 18.9. The lowest BCUT2D eigenvalue weighted by Crippen LogP contribution is -2.13. The van der Waals surface area contributed by atoms with Gasteiger partial charge in [0.05, 0.1) is 11.4 Å². The molecule has 7 heteroatoms. The van der Waals surface area contributed by atoms with Gasteiger partial charge in [-0.05, 0) is 36.8 Å². The van der Waals surface area contributed by atoms with Gasteiger partial charge in [0, 0.05) is 16.2 Å². The zero-order chi connectivity index (χ0) is 18.6. The summed E-state index contributed by atoms with van der Waals surface area (Å²) in [6.45, 7) is 2.24. The summed E-state index contributed by atoms with van der Waals surface area (Å²) in [5.74, 6) is 1.87. The number of nitrogens with one attached hydrogen (secondary N) is 1. The van der Waals surface area contributed by atoms with Crippen LogP contribution in [0.2, 0.25) is 0 Å². The minimum Gasteiger partial charge on any atom is -0.454 e. The van der Waals surface area contributed by atoms with Crippen molar-refractivity contribution in [3.05, 3.63) is 64.7 Å². The monoisotopic (exact) mass is 398 g/mol. The molecule has 0 spiro atoms. The second-order valence-corrected chi connectivity index (χ2v) is 8.17. The summed E-state index contributed by atoms with van der Waals surface area (Å²) in [5.41, 5.74) is 2.06. The second kappa shape index (κ2) is 8.02. The topological polar surface area (TPSA) is 60.5 Å². The summed E-state index contributed by atoms with van der Waals surface area (Å²) in [6.07, 6.45) is 0.745. The molecule has 0 aliphatic carbocycles. The zero-order valence-corrected chi connectivity index (χ0v) is 16.4. The van der Waals surface area contributed by atoms with Crippen molar-refractivity contribution in [2.45, 2.75) is 18.2 Å². The molecule has 1 aliphatic rings. The zero-order valence-electron chi connectivity index (χ0n) is 14.7. The van der Waals surface area contributed by atoms with E-state index in [1.54, 1.807) is 0 Å². The molecule has 0 unspecified atom stereocenters. The van der Waals surface area contributed by atoms with Crippen LogP contribution in [0.25, 0.3) is 0 Å². The van der Waals surface area contributed by atoms with E-state index in [0.717, 1.165) is 38.9 Å². The van der Waals surface area contributed by atoms with Gasteiger partial charge < -0.3 is 14.8 Å². The van der Waals surface area contributed by atoms with Crippen molar-refractivity contribution >= 4 is 34.1 Å². The minimum absolute atomic E-state index is 0.0489. The van der Waals surface area contributed by atoms with Gasteiger partial charge in [-0.1, -0.05) is 24.3 Å². The molecule has 0 fully saturated rings. The Morgan fingerprint density at radius 2 is 2.00 bits per heavy atom. The second-order valence-electron chi connectivity index (χ2n) is 6.04. The van der Waals surface area contributed by atoms with Crippen LogP contribution in [0.3, 0.4) is 0 Å². The molecule has 5 nitrogen and oxygen atoms in total. The third kappa shape index (κ3) is 4.43. The molecule has 0 saturated heterocycles. The van der Waals surface area contributed by atoms with E-state index >= 15 is 0 Å². The van der Waals surface area contributed by atoms with Gasteiger partial charge in [-0.25, -0.2) is 4.98 Å². The van der Waals surface area contributed by atoms with Crippen molar-refractivity contribution < 1.29 is 14.3 Å². The molecule has 1 N–H and O–H groups in total. The van der Waals surface area contributed by atoms with Crippen LogP contribution in [-0.2, 0) is 11.2 Å². The van der Waals surface area contributed by atoms with E-state index in [2.05, 4.69) is 10.3 Å². The van der Waals surface area contributed by atoms with Gasteiger partial charge in [-0.15, -0.1) is 23.1 Å². The number of carbonyl (C=O) groups excluding carboxylic acids is 1. The van der Waals surface area contributed by atoms with Gasteiger partial charge in [0.15, 0.2) is 16.6 Å². The highest BCUT2D eigenvalue weighted by molar-refractivity contribution is 8.00. The van der Waals surface area contributed by atoms with Gasteiger partial charge in [0.25, 0.3) is 0 Å². The lowest BCUT2D eigenvalue weighted by atomic mass is 10.1. The fourth-order valence-electron chi connectivity index (χ4n) is 2.70. The minimum atomic E-state index is -0.0489. The van der Waals surface area contributed by atoms with E-state index in [0.29, 0.717) is 10.9 Å². The third-order valence-corrected chi connectivity index (χ3v) is 6.14. The molecular weight excluding hydrogens is 380 g/mol. The Bertz CT molecular complexity index is 957. The van der Waals surface area contributed by atoms with E-state index in [9.17, 15) is 4.79 Å². The number of thiazole rings is 1. The number of carbonyl (C=O) groups is 1. The largest absolute Gasteiger partial charge is 0.454 e. The fourth-order valence-corrected chi connectivity index (χ4v) is 4.44. The van der Waals surface area contributed by atoms with Crippen LogP contribution >= 0.6 is 23.1 Å². The van der Waals surface area contributed by atoms with E-state index in [1.807, 2.05) is 55.5 Å². The van der Waals surface area contributed by atoms with Crippen LogP contribution in [0.4, 0.5) is 5.13 Å². The van der Waals surface area contributed by atoms with Gasteiger partial charge in [-0.2, -0.15) is 0 Å². The number of thioether (sulfide) groups is 1. The van der Waals surface area contributed by atoms with Crippen LogP contribution in [0, 0.1) is 6.92 Å². The fraction of sp³-hybridized carbons (Fsp3) is 0.200. The van der Waals surface area contributed by atoms with E-state index in [1.165, 1.54) is 23.1 Å². The summed E-state index contributed by atoms with van der Waals surface area (Å²) < 4.78 is 10.8. The number of fused-ring (bicyclic) bond motifs is 1. The molecule has 0 radical (unpaired) electrons. The number of hydrogen-bond donors (Lipinski definition) is 1. The average Bonchev–Trinajstić information content (AvgIpc) is 3.27. The van der Waals surface area contributed by atoms with Crippen LogP contribution in [-0.4, -0.2) is 23.4 Å². The van der Waals surface area contributed by atoms with Crippen molar-refractivity contribution in [3.63, 3.8) is 0 Å². The van der Waals surface area contributed by atoms with Gasteiger partial charge in [0.2, 0.25) is 12.7 Å². The Morgan fingerprint density at radius 3 is 2.85 bits per heavy atom. The van der Waals surface area contributed by atoms with E-state index in [4.69, 9.17) is 9.47 Å². The van der Waals surface area contributed by atoms with Crippen LogP contribution in [0.15, 0.2) is 53.4 Å². The number of rotatable bonds is 6. The number of ether oxygens (including phenoxy) is 2. The smallest absolute Gasteiger partial charge is 0.236 e. The SMILES string of the molecule is Cc1nc(NC(=O)CSc2ccccc2)sc1Cc1ccc2c(c1)OCO2. The van der Waals surface area contributed by atoms with Crippen molar-refractivity contribution in [2.24, 2.45) is 0 Å². The van der Waals surface area contributed by atoms with Gasteiger partial charge >= 0.3 is 0 Å². The lowest BCUT2D eigenvalue weighted by Gasteiger charge is -2.02. The standard InChI is InChI=1S/C20H18N2O3S2/c1-13-18(10-14-7-8-16-17(9-14)25-12-24-16)27-20(21-13)22-19(23)11-26-15-5-3-2-4-6-15/h2-9H,10-12H2,1H3,(H,21,22,23). The molecule has 0 saturated carbocycles. The number of aromatic nitrogens is 1. The molecule has 1 aromatic heterocycles. The van der Waals surface area contributed by atoms with E-state index in [-0.39, 0.29) is 12.7 Å². The van der Waals surface area contributed by atoms with Gasteiger partial charge in [0.1, 0.15) is 0 Å². The molecule has 2 aromatic carbocycles. The summed E-state index contributed by atoms with van der Waals surface area (Å²) in [7, 11) is 0. The first kappa shape index (κ1) is 17.9. The predicted octanol–water partition coefficient (Wildman–Crippen LogP) is 4.50. The molecule has 27 heavy (non-hydrogen) atoms. The molecular formula is C20H18N2O3S2. The molecule has 1 amide bonds. The van der Waals surface area contributed by atoms with E-state index < -0.39 is 0 Å². The molecule has 138 valence electrons. The number of anilines is 1. The maximum Gasteiger partial charge on any atom is 0.236 e. The number of hydrogen-bond acceptors (Lipinski definition) is 6. The van der Waals surface area contributed by atoms with Crippen molar-refractivity contribution in [1.82, 2.24) is 4.98 Å². The van der Waals surface area contributed by atoms with Crippen LogP contribution < -0.4 is 14.8 Å². The highest BCUT2D eigenvalue weighted by Gasteiger charge is 2.15. The predicted molar refractivity (Wildman–Crippen MR) is 108 cm³/mol. The lowest BCUT2D eigenvalue weighted by molar-refractivity contribution is -0.113. The molecule has 3 aromatic rings. The number of benzene rings is 2. The normalized spacial score (nSPS) is 12.2. The first-order valence-electron chi connectivity index (χ1n) is 8.50. The molecule has 0 atom stereocenters. The first-order chi connectivity index (χ1) is 13.2. The third-order valence-electron chi connectivity index (χ3n) is 4.05. The highest BCUT2D eigenvalue weighted by Crippen LogP contribution is 2.34. The van der Waals surface area contributed by atoms with Crippen LogP contribution in [0.5, 0.6) is 11.5 Å². The maximum atomic E-state index is 12.2. The van der Waals surface area contributed by atoms with Gasteiger partial charge in [-0.3, -0.25) is 4.79 Å².